The molecule has 0 aromatic rings. The van der Waals surface area contributed by atoms with Crippen molar-refractivity contribution >= 4 is 17.8 Å². The maximum atomic E-state index is 12.3. The van der Waals surface area contributed by atoms with Crippen LogP contribution in [0.15, 0.2) is 4.99 Å². The Bertz CT molecular complexity index is 522. The molecular formula is C20H37N5O2. The standard InChI is InChI=1S/C20H37N5O2/c1-16(2)15-19(27)25-13-11-24(12-14-25)18(26)7-5-4-6-10-22-20(21)23(3)17-8-9-17/h16-17H,4-15H2,1-3H3,(H2,21,22). The van der Waals surface area contributed by atoms with Crippen molar-refractivity contribution in [3.05, 3.63) is 0 Å². The van der Waals surface area contributed by atoms with Gasteiger partial charge in [0.05, 0.1) is 0 Å². The number of guanidine groups is 1. The van der Waals surface area contributed by atoms with Gasteiger partial charge in [-0.05, 0) is 31.6 Å². The molecule has 0 aromatic carbocycles. The van der Waals surface area contributed by atoms with E-state index >= 15 is 0 Å². The number of rotatable bonds is 9. The molecule has 2 aliphatic rings. The van der Waals surface area contributed by atoms with Crippen LogP contribution in [-0.2, 0) is 9.59 Å². The lowest BCUT2D eigenvalue weighted by Gasteiger charge is -2.35. The molecule has 154 valence electrons. The molecule has 0 radical (unpaired) electrons. The van der Waals surface area contributed by atoms with E-state index in [4.69, 9.17) is 5.73 Å². The zero-order valence-electron chi connectivity index (χ0n) is 17.3. The van der Waals surface area contributed by atoms with Crippen molar-refractivity contribution in [2.75, 3.05) is 39.8 Å². The first-order valence-corrected chi connectivity index (χ1v) is 10.5. The molecule has 1 saturated heterocycles. The second-order valence-electron chi connectivity index (χ2n) is 8.25. The molecule has 0 atom stereocenters. The van der Waals surface area contributed by atoms with Crippen molar-refractivity contribution in [1.82, 2.24) is 14.7 Å². The number of nitrogens with two attached hydrogens (primary N) is 1. The fourth-order valence-electron chi connectivity index (χ4n) is 3.36. The molecule has 2 fully saturated rings. The van der Waals surface area contributed by atoms with Crippen molar-refractivity contribution in [2.45, 2.75) is 64.8 Å². The van der Waals surface area contributed by atoms with Gasteiger partial charge in [-0.3, -0.25) is 14.6 Å². The molecule has 1 saturated carbocycles. The number of unbranched alkanes of at least 4 members (excludes halogenated alkanes) is 2. The molecule has 27 heavy (non-hydrogen) atoms. The third kappa shape index (κ3) is 7.39. The van der Waals surface area contributed by atoms with Crippen molar-refractivity contribution in [2.24, 2.45) is 16.6 Å². The number of nitrogens with zero attached hydrogens (tertiary/aromatic N) is 4. The number of piperazine rings is 1. The largest absolute Gasteiger partial charge is 0.370 e. The minimum Gasteiger partial charge on any atom is -0.370 e. The summed E-state index contributed by atoms with van der Waals surface area (Å²) in [5.74, 6) is 1.44. The summed E-state index contributed by atoms with van der Waals surface area (Å²) in [7, 11) is 2.01. The van der Waals surface area contributed by atoms with Crippen molar-refractivity contribution in [1.29, 1.82) is 0 Å². The Morgan fingerprint density at radius 2 is 1.63 bits per heavy atom. The molecule has 0 aromatic heterocycles. The van der Waals surface area contributed by atoms with Gasteiger partial charge in [-0.25, -0.2) is 0 Å². The minimum absolute atomic E-state index is 0.211. The van der Waals surface area contributed by atoms with Gasteiger partial charge in [0.25, 0.3) is 0 Å². The lowest BCUT2D eigenvalue weighted by molar-refractivity contribution is -0.140. The SMILES string of the molecule is CC(C)CC(=O)N1CCN(C(=O)CCCCCN=C(N)N(C)C2CC2)CC1. The van der Waals surface area contributed by atoms with E-state index in [1.807, 2.05) is 16.8 Å². The molecule has 2 rings (SSSR count). The lowest BCUT2D eigenvalue weighted by atomic mass is 10.1. The summed E-state index contributed by atoms with van der Waals surface area (Å²) in [6.45, 7) is 7.51. The molecule has 1 aliphatic carbocycles. The predicted octanol–water partition coefficient (Wildman–Crippen LogP) is 1.67. The van der Waals surface area contributed by atoms with E-state index in [0.29, 0.717) is 56.9 Å². The molecule has 2 amide bonds. The first-order valence-electron chi connectivity index (χ1n) is 10.5. The maximum absolute atomic E-state index is 12.3. The second kappa shape index (κ2) is 10.5. The zero-order chi connectivity index (χ0) is 19.8. The molecule has 0 spiro atoms. The smallest absolute Gasteiger partial charge is 0.222 e. The van der Waals surface area contributed by atoms with E-state index in [0.717, 1.165) is 25.8 Å². The van der Waals surface area contributed by atoms with Crippen LogP contribution in [0.5, 0.6) is 0 Å². The third-order valence-electron chi connectivity index (χ3n) is 5.35. The van der Waals surface area contributed by atoms with E-state index in [2.05, 4.69) is 23.7 Å². The summed E-state index contributed by atoms with van der Waals surface area (Å²) >= 11 is 0. The summed E-state index contributed by atoms with van der Waals surface area (Å²) in [4.78, 5) is 34.7. The van der Waals surface area contributed by atoms with Crippen LogP contribution in [0.25, 0.3) is 0 Å². The summed E-state index contributed by atoms with van der Waals surface area (Å²) in [5.41, 5.74) is 5.96. The number of carbonyl (C=O) groups excluding carboxylic acids is 2. The van der Waals surface area contributed by atoms with E-state index in [1.165, 1.54) is 12.8 Å². The molecule has 2 N–H and O–H groups in total. The van der Waals surface area contributed by atoms with Gasteiger partial charge in [-0.15, -0.1) is 0 Å². The Morgan fingerprint density at radius 1 is 1.04 bits per heavy atom. The predicted molar refractivity (Wildman–Crippen MR) is 108 cm³/mol. The van der Waals surface area contributed by atoms with Gasteiger partial charge >= 0.3 is 0 Å². The van der Waals surface area contributed by atoms with Gasteiger partial charge in [-0.2, -0.15) is 0 Å². The first kappa shape index (κ1) is 21.5. The summed E-state index contributed by atoms with van der Waals surface area (Å²) < 4.78 is 0. The quantitative estimate of drug-likeness (QED) is 0.375. The van der Waals surface area contributed by atoms with Gasteiger partial charge < -0.3 is 20.4 Å². The van der Waals surface area contributed by atoms with Crippen molar-refractivity contribution < 1.29 is 9.59 Å². The van der Waals surface area contributed by atoms with Gasteiger partial charge in [0, 0.05) is 58.7 Å². The minimum atomic E-state index is 0.211. The van der Waals surface area contributed by atoms with Crippen molar-refractivity contribution in [3.63, 3.8) is 0 Å². The second-order valence-corrected chi connectivity index (χ2v) is 8.25. The average molecular weight is 380 g/mol. The summed E-state index contributed by atoms with van der Waals surface area (Å²) in [6, 6.07) is 0.590. The monoisotopic (exact) mass is 379 g/mol. The molecule has 1 aliphatic heterocycles. The lowest BCUT2D eigenvalue weighted by Crippen LogP contribution is -2.50. The Hall–Kier alpha value is -1.79. The average Bonchev–Trinajstić information content (AvgIpc) is 3.48. The molecule has 7 heteroatoms. The van der Waals surface area contributed by atoms with E-state index in [9.17, 15) is 9.59 Å². The van der Waals surface area contributed by atoms with Crippen molar-refractivity contribution in [3.8, 4) is 0 Å². The molecule has 0 bridgehead atoms. The normalized spacial score (nSPS) is 18.1. The van der Waals surface area contributed by atoms with Crippen LogP contribution >= 0.6 is 0 Å². The Balaban J connectivity index is 1.55. The Labute approximate surface area is 163 Å². The highest BCUT2D eigenvalue weighted by molar-refractivity contribution is 5.79. The number of carbonyl (C=O) groups is 2. The first-order chi connectivity index (χ1) is 12.9. The number of aliphatic imine (C=N–C) groups is 1. The molecular weight excluding hydrogens is 342 g/mol. The summed E-state index contributed by atoms with van der Waals surface area (Å²) in [6.07, 6.45) is 6.45. The van der Waals surface area contributed by atoms with Crippen LogP contribution in [0.1, 0.15) is 58.8 Å². The highest BCUT2D eigenvalue weighted by Crippen LogP contribution is 2.24. The number of hydrogen-bond donors (Lipinski definition) is 1. The fourth-order valence-corrected chi connectivity index (χ4v) is 3.36. The van der Waals surface area contributed by atoms with Crippen LogP contribution in [-0.4, -0.2) is 78.3 Å². The van der Waals surface area contributed by atoms with Crippen LogP contribution in [0.3, 0.4) is 0 Å². The third-order valence-corrected chi connectivity index (χ3v) is 5.35. The molecule has 1 heterocycles. The highest BCUT2D eigenvalue weighted by atomic mass is 16.2. The molecule has 0 unspecified atom stereocenters. The van der Waals surface area contributed by atoms with E-state index in [-0.39, 0.29) is 11.8 Å². The van der Waals surface area contributed by atoms with Crippen LogP contribution < -0.4 is 5.73 Å². The van der Waals surface area contributed by atoms with Gasteiger partial charge in [0.15, 0.2) is 5.96 Å². The van der Waals surface area contributed by atoms with Crippen LogP contribution in [0.2, 0.25) is 0 Å². The Morgan fingerprint density at radius 3 is 2.19 bits per heavy atom. The van der Waals surface area contributed by atoms with Gasteiger partial charge in [-0.1, -0.05) is 20.3 Å². The molecule has 7 nitrogen and oxygen atoms in total. The number of amides is 2. The van der Waals surface area contributed by atoms with Gasteiger partial charge in [0.1, 0.15) is 0 Å². The fraction of sp³-hybridized carbons (Fsp3) is 0.850. The van der Waals surface area contributed by atoms with Crippen LogP contribution in [0, 0.1) is 5.92 Å². The zero-order valence-corrected chi connectivity index (χ0v) is 17.3. The maximum Gasteiger partial charge on any atom is 0.222 e. The van der Waals surface area contributed by atoms with E-state index in [1.54, 1.807) is 0 Å². The summed E-state index contributed by atoms with van der Waals surface area (Å²) in [5, 5.41) is 0. The highest BCUT2D eigenvalue weighted by Gasteiger charge is 2.27. The van der Waals surface area contributed by atoms with Gasteiger partial charge in [0.2, 0.25) is 11.8 Å². The van der Waals surface area contributed by atoms with Crippen LogP contribution in [0.4, 0.5) is 0 Å². The Kier molecular flexibility index (Phi) is 8.38. The van der Waals surface area contributed by atoms with E-state index < -0.39 is 0 Å². The topological polar surface area (TPSA) is 82.2 Å². The number of hydrogen-bond acceptors (Lipinski definition) is 3.